The van der Waals surface area contributed by atoms with Gasteiger partial charge in [-0.1, -0.05) is 38.1 Å². The molecule has 0 atom stereocenters. The number of carbonyl (C=O) groups is 1. The number of aryl methyl sites for hydroxylation is 1. The molecule has 2 aromatic carbocycles. The number of benzene rings is 2. The number of ether oxygens (including phenoxy) is 2. The summed E-state index contributed by atoms with van der Waals surface area (Å²) in [5.41, 5.74) is 3.08. The van der Waals surface area contributed by atoms with Crippen molar-refractivity contribution < 1.29 is 14.3 Å². The van der Waals surface area contributed by atoms with Crippen molar-refractivity contribution in [3.63, 3.8) is 0 Å². The van der Waals surface area contributed by atoms with Crippen LogP contribution in [0.3, 0.4) is 0 Å². The average molecular weight is 327 g/mol. The van der Waals surface area contributed by atoms with Crippen LogP contribution in [0.15, 0.2) is 42.5 Å². The fraction of sp³-hybridized carbons (Fsp3) is 0.350. The summed E-state index contributed by atoms with van der Waals surface area (Å²) in [5.74, 6) is 1.75. The number of carbonyl (C=O) groups excluding carboxylic acids is 1. The Labute approximate surface area is 143 Å². The highest BCUT2D eigenvalue weighted by Crippen LogP contribution is 2.28. The summed E-state index contributed by atoms with van der Waals surface area (Å²) in [4.78, 5) is 12.3. The van der Waals surface area contributed by atoms with Crippen LogP contribution in [0.5, 0.6) is 11.5 Å². The number of amides is 1. The number of hydrogen-bond donors (Lipinski definition) is 1. The minimum absolute atomic E-state index is 0.0119. The Balaban J connectivity index is 1.99. The van der Waals surface area contributed by atoms with Crippen LogP contribution in [0.2, 0.25) is 0 Å². The van der Waals surface area contributed by atoms with Gasteiger partial charge in [0.25, 0.3) is 0 Å². The van der Waals surface area contributed by atoms with Crippen LogP contribution >= 0.6 is 0 Å². The van der Waals surface area contributed by atoms with Crippen LogP contribution in [0, 0.1) is 0 Å². The van der Waals surface area contributed by atoms with Gasteiger partial charge in [0.1, 0.15) is 0 Å². The van der Waals surface area contributed by atoms with E-state index in [2.05, 4.69) is 25.2 Å². The maximum Gasteiger partial charge on any atom is 0.224 e. The van der Waals surface area contributed by atoms with Gasteiger partial charge in [-0.25, -0.2) is 0 Å². The second-order valence-corrected chi connectivity index (χ2v) is 5.98. The van der Waals surface area contributed by atoms with E-state index in [4.69, 9.17) is 9.47 Å². The fourth-order valence-electron chi connectivity index (χ4n) is 2.62. The molecule has 0 unspecified atom stereocenters. The predicted octanol–water partition coefficient (Wildman–Crippen LogP) is 4.40. The molecule has 4 nitrogen and oxygen atoms in total. The zero-order valence-corrected chi connectivity index (χ0v) is 14.8. The molecule has 0 saturated carbocycles. The fourth-order valence-corrected chi connectivity index (χ4v) is 2.62. The first-order chi connectivity index (χ1) is 11.5. The van der Waals surface area contributed by atoms with Gasteiger partial charge in [0, 0.05) is 12.1 Å². The van der Waals surface area contributed by atoms with Gasteiger partial charge in [-0.2, -0.15) is 0 Å². The first kappa shape index (κ1) is 17.9. The largest absolute Gasteiger partial charge is 0.493 e. The van der Waals surface area contributed by atoms with Crippen LogP contribution in [0.25, 0.3) is 0 Å². The lowest BCUT2D eigenvalue weighted by Gasteiger charge is -2.14. The number of para-hydroxylation sites is 1. The maximum atomic E-state index is 12.3. The molecule has 0 saturated heterocycles. The first-order valence-electron chi connectivity index (χ1n) is 8.14. The summed E-state index contributed by atoms with van der Waals surface area (Å²) in [6.45, 7) is 4.24. The third-order valence-electron chi connectivity index (χ3n) is 3.95. The van der Waals surface area contributed by atoms with Gasteiger partial charge in [0.15, 0.2) is 11.5 Å². The van der Waals surface area contributed by atoms with Crippen molar-refractivity contribution in [2.75, 3.05) is 19.5 Å². The van der Waals surface area contributed by atoms with Crippen molar-refractivity contribution >= 4 is 11.6 Å². The molecule has 0 spiro atoms. The normalized spacial score (nSPS) is 10.5. The van der Waals surface area contributed by atoms with Gasteiger partial charge in [0.05, 0.1) is 14.2 Å². The predicted molar refractivity (Wildman–Crippen MR) is 97.0 cm³/mol. The highest BCUT2D eigenvalue weighted by Gasteiger charge is 2.10. The summed E-state index contributed by atoms with van der Waals surface area (Å²) < 4.78 is 10.5. The summed E-state index contributed by atoms with van der Waals surface area (Å²) in [7, 11) is 3.22. The Morgan fingerprint density at radius 2 is 1.75 bits per heavy atom. The zero-order valence-electron chi connectivity index (χ0n) is 14.8. The zero-order chi connectivity index (χ0) is 17.5. The van der Waals surface area contributed by atoms with Crippen LogP contribution < -0.4 is 14.8 Å². The Morgan fingerprint density at radius 3 is 2.42 bits per heavy atom. The van der Waals surface area contributed by atoms with E-state index in [9.17, 15) is 4.79 Å². The van der Waals surface area contributed by atoms with E-state index < -0.39 is 0 Å². The van der Waals surface area contributed by atoms with Crippen LogP contribution in [0.1, 0.15) is 37.3 Å². The number of rotatable bonds is 7. The van der Waals surface area contributed by atoms with E-state index in [1.54, 1.807) is 14.2 Å². The Kier molecular flexibility index (Phi) is 6.24. The van der Waals surface area contributed by atoms with Gasteiger partial charge >= 0.3 is 0 Å². The molecule has 0 aliphatic carbocycles. The van der Waals surface area contributed by atoms with E-state index in [0.717, 1.165) is 16.8 Å². The van der Waals surface area contributed by atoms with Crippen molar-refractivity contribution in [3.8, 4) is 11.5 Å². The van der Waals surface area contributed by atoms with Crippen molar-refractivity contribution in [2.24, 2.45) is 0 Å². The summed E-state index contributed by atoms with van der Waals surface area (Å²) in [6, 6.07) is 13.7. The molecule has 0 aromatic heterocycles. The quantitative estimate of drug-likeness (QED) is 0.820. The minimum Gasteiger partial charge on any atom is -0.493 e. The SMILES string of the molecule is COc1ccc(CCC(=O)Nc2ccccc2C(C)C)cc1OC. The molecule has 0 fully saturated rings. The van der Waals surface area contributed by atoms with Crippen LogP contribution in [0.4, 0.5) is 5.69 Å². The first-order valence-corrected chi connectivity index (χ1v) is 8.14. The van der Waals surface area contributed by atoms with E-state index in [1.165, 1.54) is 0 Å². The molecule has 0 heterocycles. The lowest BCUT2D eigenvalue weighted by Crippen LogP contribution is -2.14. The van der Waals surface area contributed by atoms with Crippen molar-refractivity contribution in [2.45, 2.75) is 32.6 Å². The molecule has 1 N–H and O–H groups in total. The molecule has 4 heteroatoms. The number of nitrogens with one attached hydrogen (secondary N) is 1. The van der Waals surface area contributed by atoms with E-state index in [1.807, 2.05) is 36.4 Å². The standard InChI is InChI=1S/C20H25NO3/c1-14(2)16-7-5-6-8-17(16)21-20(22)12-10-15-9-11-18(23-3)19(13-15)24-4/h5-9,11,13-14H,10,12H2,1-4H3,(H,21,22). The molecule has 0 radical (unpaired) electrons. The third kappa shape index (κ3) is 4.51. The molecule has 24 heavy (non-hydrogen) atoms. The number of hydrogen-bond acceptors (Lipinski definition) is 3. The van der Waals surface area contributed by atoms with Crippen molar-refractivity contribution in [1.29, 1.82) is 0 Å². The summed E-state index contributed by atoms with van der Waals surface area (Å²) in [5, 5.41) is 3.02. The summed E-state index contributed by atoms with van der Waals surface area (Å²) >= 11 is 0. The maximum absolute atomic E-state index is 12.3. The van der Waals surface area contributed by atoms with Crippen molar-refractivity contribution in [3.05, 3.63) is 53.6 Å². The Hall–Kier alpha value is -2.49. The van der Waals surface area contributed by atoms with Crippen LogP contribution in [-0.2, 0) is 11.2 Å². The van der Waals surface area contributed by atoms with Gasteiger partial charge < -0.3 is 14.8 Å². The topological polar surface area (TPSA) is 47.6 Å². The molecule has 0 aliphatic heterocycles. The number of anilines is 1. The van der Waals surface area contributed by atoms with E-state index in [-0.39, 0.29) is 5.91 Å². The Morgan fingerprint density at radius 1 is 1.04 bits per heavy atom. The Bertz CT molecular complexity index is 695. The second-order valence-electron chi connectivity index (χ2n) is 5.98. The average Bonchev–Trinajstić information content (AvgIpc) is 2.59. The molecule has 128 valence electrons. The lowest BCUT2D eigenvalue weighted by atomic mass is 10.0. The molecule has 2 aromatic rings. The monoisotopic (exact) mass is 327 g/mol. The molecule has 1 amide bonds. The smallest absolute Gasteiger partial charge is 0.224 e. The van der Waals surface area contributed by atoms with Gasteiger partial charge in [-0.3, -0.25) is 4.79 Å². The van der Waals surface area contributed by atoms with Crippen molar-refractivity contribution in [1.82, 2.24) is 0 Å². The lowest BCUT2D eigenvalue weighted by molar-refractivity contribution is -0.116. The molecular weight excluding hydrogens is 302 g/mol. The van der Waals surface area contributed by atoms with E-state index >= 15 is 0 Å². The summed E-state index contributed by atoms with van der Waals surface area (Å²) in [6.07, 6.45) is 1.07. The van der Waals surface area contributed by atoms with Gasteiger partial charge in [0.2, 0.25) is 5.91 Å². The molecule has 2 rings (SSSR count). The minimum atomic E-state index is 0.0119. The molecule has 0 aliphatic rings. The second kappa shape index (κ2) is 8.39. The third-order valence-corrected chi connectivity index (χ3v) is 3.95. The van der Waals surface area contributed by atoms with Crippen LogP contribution in [-0.4, -0.2) is 20.1 Å². The highest BCUT2D eigenvalue weighted by atomic mass is 16.5. The number of methoxy groups -OCH3 is 2. The highest BCUT2D eigenvalue weighted by molar-refractivity contribution is 5.91. The van der Waals surface area contributed by atoms with Gasteiger partial charge in [-0.15, -0.1) is 0 Å². The molecular formula is C20H25NO3. The van der Waals surface area contributed by atoms with E-state index in [0.29, 0.717) is 30.3 Å². The van der Waals surface area contributed by atoms with Gasteiger partial charge in [-0.05, 0) is 41.7 Å². The molecule has 0 bridgehead atoms.